The first-order valence-electron chi connectivity index (χ1n) is 4.81. The van der Waals surface area contributed by atoms with Gasteiger partial charge in [0, 0.05) is 12.6 Å². The number of amides is 1. The summed E-state index contributed by atoms with van der Waals surface area (Å²) in [5.41, 5.74) is 2.29. The van der Waals surface area contributed by atoms with Crippen LogP contribution in [0.2, 0.25) is 0 Å². The van der Waals surface area contributed by atoms with Gasteiger partial charge in [0.1, 0.15) is 5.60 Å². The summed E-state index contributed by atoms with van der Waals surface area (Å²) >= 11 is 0. The maximum absolute atomic E-state index is 11.3. The molecule has 1 unspecified atom stereocenters. The Morgan fingerprint density at radius 3 is 2.79 bits per heavy atom. The van der Waals surface area contributed by atoms with Crippen LogP contribution in [-0.2, 0) is 9.57 Å². The van der Waals surface area contributed by atoms with Crippen molar-refractivity contribution in [2.24, 2.45) is 0 Å². The van der Waals surface area contributed by atoms with E-state index < -0.39 is 5.60 Å². The summed E-state index contributed by atoms with van der Waals surface area (Å²) in [5, 5.41) is 2.77. The van der Waals surface area contributed by atoms with E-state index in [0.717, 1.165) is 6.42 Å². The van der Waals surface area contributed by atoms with Gasteiger partial charge in [-0.05, 0) is 27.2 Å². The Morgan fingerprint density at radius 1 is 1.57 bits per heavy atom. The Hall–Kier alpha value is -0.810. The smallest absolute Gasteiger partial charge is 0.407 e. The fourth-order valence-corrected chi connectivity index (χ4v) is 1.13. The van der Waals surface area contributed by atoms with Crippen LogP contribution < -0.4 is 10.8 Å². The second-order valence-corrected chi connectivity index (χ2v) is 4.33. The SMILES string of the molecule is CC(C)(C)OC(=O)NC1CCONC1. The molecule has 1 rings (SSSR count). The first kappa shape index (κ1) is 11.3. The van der Waals surface area contributed by atoms with Gasteiger partial charge in [-0.15, -0.1) is 0 Å². The Morgan fingerprint density at radius 2 is 2.29 bits per heavy atom. The van der Waals surface area contributed by atoms with E-state index in [1.165, 1.54) is 0 Å². The lowest BCUT2D eigenvalue weighted by Gasteiger charge is -2.26. The molecular formula is C9H18N2O3. The Kier molecular flexibility index (Phi) is 3.71. The van der Waals surface area contributed by atoms with Crippen LogP contribution in [0.15, 0.2) is 0 Å². The summed E-state index contributed by atoms with van der Waals surface area (Å²) in [7, 11) is 0. The molecule has 1 aliphatic rings. The summed E-state index contributed by atoms with van der Waals surface area (Å²) in [4.78, 5) is 16.3. The van der Waals surface area contributed by atoms with Crippen molar-refractivity contribution in [2.45, 2.75) is 38.8 Å². The zero-order chi connectivity index (χ0) is 10.6. The molecule has 82 valence electrons. The van der Waals surface area contributed by atoms with E-state index in [-0.39, 0.29) is 12.1 Å². The molecule has 14 heavy (non-hydrogen) atoms. The van der Waals surface area contributed by atoms with Gasteiger partial charge in [0.25, 0.3) is 0 Å². The fourth-order valence-electron chi connectivity index (χ4n) is 1.13. The van der Waals surface area contributed by atoms with Crippen LogP contribution in [0, 0.1) is 0 Å². The highest BCUT2D eigenvalue weighted by Crippen LogP contribution is 2.07. The summed E-state index contributed by atoms with van der Waals surface area (Å²) in [5.74, 6) is 0. The summed E-state index contributed by atoms with van der Waals surface area (Å²) in [6.45, 7) is 6.76. The molecule has 5 nitrogen and oxygen atoms in total. The van der Waals surface area contributed by atoms with Gasteiger partial charge < -0.3 is 14.9 Å². The Labute approximate surface area is 84.1 Å². The third-order valence-corrected chi connectivity index (χ3v) is 1.72. The lowest BCUT2D eigenvalue weighted by atomic mass is 10.2. The lowest BCUT2D eigenvalue weighted by molar-refractivity contribution is -0.00435. The highest BCUT2D eigenvalue weighted by molar-refractivity contribution is 5.68. The maximum Gasteiger partial charge on any atom is 0.407 e. The summed E-state index contributed by atoms with van der Waals surface area (Å²) in [6, 6.07) is 0.0959. The lowest BCUT2D eigenvalue weighted by Crippen LogP contribution is -2.47. The average molecular weight is 202 g/mol. The number of hydrogen-bond donors (Lipinski definition) is 2. The van der Waals surface area contributed by atoms with E-state index in [4.69, 9.17) is 9.57 Å². The van der Waals surface area contributed by atoms with Gasteiger partial charge in [0.15, 0.2) is 0 Å². The van der Waals surface area contributed by atoms with Gasteiger partial charge in [0.05, 0.1) is 6.61 Å². The molecule has 1 heterocycles. The topological polar surface area (TPSA) is 59.6 Å². The minimum Gasteiger partial charge on any atom is -0.444 e. The van der Waals surface area contributed by atoms with E-state index in [1.807, 2.05) is 20.8 Å². The number of rotatable bonds is 1. The average Bonchev–Trinajstić information content (AvgIpc) is 2.02. The standard InChI is InChI=1S/C9H18N2O3/c1-9(2,3)14-8(12)11-7-4-5-13-10-6-7/h7,10H,4-6H2,1-3H3,(H,11,12). The zero-order valence-electron chi connectivity index (χ0n) is 8.92. The summed E-state index contributed by atoms with van der Waals surface area (Å²) < 4.78 is 5.12. The maximum atomic E-state index is 11.3. The molecule has 0 aromatic heterocycles. The number of carbonyl (C=O) groups excluding carboxylic acids is 1. The molecular weight excluding hydrogens is 184 g/mol. The van der Waals surface area contributed by atoms with Crippen molar-refractivity contribution in [3.05, 3.63) is 0 Å². The van der Waals surface area contributed by atoms with E-state index in [9.17, 15) is 4.79 Å². The predicted molar refractivity (Wildman–Crippen MR) is 51.7 cm³/mol. The van der Waals surface area contributed by atoms with Crippen LogP contribution in [0.5, 0.6) is 0 Å². The Balaban J connectivity index is 2.25. The van der Waals surface area contributed by atoms with Gasteiger partial charge in [-0.2, -0.15) is 0 Å². The molecule has 0 aromatic rings. The van der Waals surface area contributed by atoms with Crippen molar-refractivity contribution >= 4 is 6.09 Å². The van der Waals surface area contributed by atoms with Crippen LogP contribution in [0.4, 0.5) is 4.79 Å². The van der Waals surface area contributed by atoms with Crippen LogP contribution >= 0.6 is 0 Å². The third-order valence-electron chi connectivity index (χ3n) is 1.72. The predicted octanol–water partition coefficient (Wildman–Crippen LogP) is 0.805. The second kappa shape index (κ2) is 4.61. The monoisotopic (exact) mass is 202 g/mol. The number of alkyl carbamates (subject to hydrolysis) is 1. The zero-order valence-corrected chi connectivity index (χ0v) is 8.92. The molecule has 0 saturated carbocycles. The molecule has 2 N–H and O–H groups in total. The van der Waals surface area contributed by atoms with Crippen molar-refractivity contribution < 1.29 is 14.4 Å². The van der Waals surface area contributed by atoms with Crippen molar-refractivity contribution in [1.29, 1.82) is 0 Å². The van der Waals surface area contributed by atoms with Crippen molar-refractivity contribution in [3.8, 4) is 0 Å². The first-order chi connectivity index (χ1) is 6.47. The Bertz CT molecular complexity index is 195. The van der Waals surface area contributed by atoms with Crippen LogP contribution in [-0.4, -0.2) is 30.9 Å². The minimum atomic E-state index is -0.442. The molecule has 0 radical (unpaired) electrons. The van der Waals surface area contributed by atoms with Gasteiger partial charge in [-0.3, -0.25) is 0 Å². The molecule has 1 amide bonds. The highest BCUT2D eigenvalue weighted by Gasteiger charge is 2.20. The first-order valence-corrected chi connectivity index (χ1v) is 4.81. The van der Waals surface area contributed by atoms with Gasteiger partial charge in [-0.25, -0.2) is 10.3 Å². The molecule has 5 heteroatoms. The quantitative estimate of drug-likeness (QED) is 0.660. The fraction of sp³-hybridized carbons (Fsp3) is 0.889. The molecule has 1 saturated heterocycles. The molecule has 0 bridgehead atoms. The van der Waals surface area contributed by atoms with Gasteiger partial charge >= 0.3 is 6.09 Å². The van der Waals surface area contributed by atoms with Crippen molar-refractivity contribution in [1.82, 2.24) is 10.8 Å². The molecule has 1 atom stereocenters. The van der Waals surface area contributed by atoms with Crippen molar-refractivity contribution in [3.63, 3.8) is 0 Å². The number of hydrogen-bond acceptors (Lipinski definition) is 4. The van der Waals surface area contributed by atoms with Crippen LogP contribution in [0.25, 0.3) is 0 Å². The highest BCUT2D eigenvalue weighted by atomic mass is 16.6. The van der Waals surface area contributed by atoms with E-state index in [2.05, 4.69) is 10.8 Å². The van der Waals surface area contributed by atoms with Gasteiger partial charge in [0.2, 0.25) is 0 Å². The normalized spacial score (nSPS) is 22.9. The van der Waals surface area contributed by atoms with E-state index in [0.29, 0.717) is 13.2 Å². The van der Waals surface area contributed by atoms with E-state index in [1.54, 1.807) is 0 Å². The molecule has 1 fully saturated rings. The molecule has 0 aliphatic carbocycles. The minimum absolute atomic E-state index is 0.0959. The molecule has 0 aromatic carbocycles. The summed E-state index contributed by atoms with van der Waals surface area (Å²) in [6.07, 6.45) is 0.442. The number of hydroxylamine groups is 1. The number of carbonyl (C=O) groups is 1. The van der Waals surface area contributed by atoms with Crippen molar-refractivity contribution in [2.75, 3.05) is 13.2 Å². The van der Waals surface area contributed by atoms with Crippen LogP contribution in [0.1, 0.15) is 27.2 Å². The number of nitrogens with one attached hydrogen (secondary N) is 2. The van der Waals surface area contributed by atoms with Gasteiger partial charge in [-0.1, -0.05) is 0 Å². The molecule has 1 aliphatic heterocycles. The molecule has 0 spiro atoms. The number of ether oxygens (including phenoxy) is 1. The second-order valence-electron chi connectivity index (χ2n) is 4.33. The van der Waals surface area contributed by atoms with Crippen LogP contribution in [0.3, 0.4) is 0 Å². The van der Waals surface area contributed by atoms with E-state index >= 15 is 0 Å². The third kappa shape index (κ3) is 4.43. The largest absolute Gasteiger partial charge is 0.444 e.